The number of hydrogen-bond acceptors (Lipinski definition) is 5. The molecule has 118 valence electrons. The maximum atomic E-state index is 12.3. The van der Waals surface area contributed by atoms with E-state index >= 15 is 0 Å². The first-order valence-electron chi connectivity index (χ1n) is 7.54. The number of carbonyl (C=O) groups is 3. The number of allylic oxidation sites excluding steroid dienone is 1. The van der Waals surface area contributed by atoms with Crippen molar-refractivity contribution in [3.8, 4) is 0 Å². The zero-order chi connectivity index (χ0) is 16.0. The fourth-order valence-electron chi connectivity index (χ4n) is 3.90. The van der Waals surface area contributed by atoms with Gasteiger partial charge in [0.05, 0.1) is 5.92 Å². The van der Waals surface area contributed by atoms with Gasteiger partial charge in [-0.05, 0) is 17.9 Å². The first-order valence-corrected chi connectivity index (χ1v) is 7.54. The molecule has 4 unspecified atom stereocenters. The van der Waals surface area contributed by atoms with Gasteiger partial charge in [0.2, 0.25) is 11.5 Å². The molecule has 0 spiro atoms. The summed E-state index contributed by atoms with van der Waals surface area (Å²) >= 11 is 0. The molecular weight excluding hydrogens is 298 g/mol. The van der Waals surface area contributed by atoms with Gasteiger partial charge in [0.1, 0.15) is 6.61 Å². The third kappa shape index (κ3) is 1.98. The first kappa shape index (κ1) is 14.0. The summed E-state index contributed by atoms with van der Waals surface area (Å²) in [4.78, 5) is 36.4. The largest absolute Gasteiger partial charge is 0.509 e. The van der Waals surface area contributed by atoms with Crippen LogP contribution in [0.5, 0.6) is 0 Å². The summed E-state index contributed by atoms with van der Waals surface area (Å²) in [5, 5.41) is 2.29. The second kappa shape index (κ2) is 4.94. The summed E-state index contributed by atoms with van der Waals surface area (Å²) in [7, 11) is 0. The van der Waals surface area contributed by atoms with Crippen LogP contribution in [-0.2, 0) is 25.7 Å². The Morgan fingerprint density at radius 1 is 1.22 bits per heavy atom. The molecule has 1 aromatic rings. The molecule has 1 saturated carbocycles. The minimum atomic E-state index is -1.44. The van der Waals surface area contributed by atoms with Gasteiger partial charge in [-0.25, -0.2) is 4.79 Å². The number of imide groups is 1. The fourth-order valence-corrected chi connectivity index (χ4v) is 3.90. The summed E-state index contributed by atoms with van der Waals surface area (Å²) in [6.07, 6.45) is 3.49. The molecule has 4 atom stereocenters. The molecule has 2 amide bonds. The number of fused-ring (bicyclic) bond motifs is 5. The van der Waals surface area contributed by atoms with E-state index in [-0.39, 0.29) is 24.3 Å². The third-order valence-corrected chi connectivity index (χ3v) is 4.88. The normalized spacial score (nSPS) is 33.5. The third-order valence-electron chi connectivity index (χ3n) is 4.88. The Balaban J connectivity index is 1.51. The van der Waals surface area contributed by atoms with E-state index < -0.39 is 23.6 Å². The van der Waals surface area contributed by atoms with Crippen molar-refractivity contribution in [2.75, 3.05) is 0 Å². The maximum Gasteiger partial charge on any atom is 0.509 e. The van der Waals surface area contributed by atoms with Crippen molar-refractivity contribution in [3.05, 3.63) is 48.0 Å². The molecule has 1 aliphatic heterocycles. The highest BCUT2D eigenvalue weighted by Crippen LogP contribution is 2.55. The predicted molar refractivity (Wildman–Crippen MR) is 77.8 cm³/mol. The Kier molecular flexibility index (Phi) is 3.01. The highest BCUT2D eigenvalue weighted by Gasteiger charge is 2.70. The van der Waals surface area contributed by atoms with E-state index in [1.165, 1.54) is 0 Å². The van der Waals surface area contributed by atoms with Gasteiger partial charge in [0.15, 0.2) is 0 Å². The van der Waals surface area contributed by atoms with Crippen LogP contribution in [0.3, 0.4) is 0 Å². The number of ether oxygens (including phenoxy) is 2. The Bertz CT molecular complexity index is 713. The molecule has 2 fully saturated rings. The van der Waals surface area contributed by atoms with Crippen molar-refractivity contribution >= 4 is 18.0 Å². The van der Waals surface area contributed by atoms with Gasteiger partial charge >= 0.3 is 6.16 Å². The van der Waals surface area contributed by atoms with Crippen molar-refractivity contribution < 1.29 is 23.9 Å². The van der Waals surface area contributed by atoms with Crippen LogP contribution in [0.25, 0.3) is 0 Å². The summed E-state index contributed by atoms with van der Waals surface area (Å²) < 4.78 is 10.5. The maximum absolute atomic E-state index is 12.3. The van der Waals surface area contributed by atoms with Crippen molar-refractivity contribution in [2.24, 2.45) is 17.8 Å². The molecule has 1 heterocycles. The summed E-state index contributed by atoms with van der Waals surface area (Å²) in [5.41, 5.74) is -0.622. The predicted octanol–water partition coefficient (Wildman–Crippen LogP) is 1.56. The smallest absolute Gasteiger partial charge is 0.429 e. The number of carbonyl (C=O) groups excluding carboxylic acids is 3. The van der Waals surface area contributed by atoms with Crippen LogP contribution in [-0.4, -0.2) is 23.6 Å². The van der Waals surface area contributed by atoms with E-state index in [4.69, 9.17) is 9.47 Å². The van der Waals surface area contributed by atoms with Gasteiger partial charge in [0, 0.05) is 5.92 Å². The quantitative estimate of drug-likeness (QED) is 0.520. The van der Waals surface area contributed by atoms with Crippen molar-refractivity contribution in [1.29, 1.82) is 0 Å². The Morgan fingerprint density at radius 2 is 2.00 bits per heavy atom. The molecule has 4 rings (SSSR count). The lowest BCUT2D eigenvalue weighted by molar-refractivity contribution is -0.145. The molecule has 1 saturated heterocycles. The summed E-state index contributed by atoms with van der Waals surface area (Å²) in [6, 6.07) is 9.17. The molecule has 3 aliphatic rings. The molecule has 0 aromatic heterocycles. The van der Waals surface area contributed by atoms with E-state index in [0.717, 1.165) is 5.56 Å². The molecule has 23 heavy (non-hydrogen) atoms. The molecule has 1 aromatic carbocycles. The molecule has 6 heteroatoms. The van der Waals surface area contributed by atoms with Crippen LogP contribution >= 0.6 is 0 Å². The molecule has 1 N–H and O–H groups in total. The van der Waals surface area contributed by atoms with E-state index in [9.17, 15) is 14.4 Å². The zero-order valence-electron chi connectivity index (χ0n) is 12.2. The van der Waals surface area contributed by atoms with Gasteiger partial charge in [0.25, 0.3) is 5.91 Å². The van der Waals surface area contributed by atoms with Crippen LogP contribution in [0.1, 0.15) is 12.0 Å². The minimum absolute atomic E-state index is 0.0555. The highest BCUT2D eigenvalue weighted by molar-refractivity contribution is 6.11. The number of amides is 2. The van der Waals surface area contributed by atoms with Crippen molar-refractivity contribution in [1.82, 2.24) is 5.32 Å². The second-order valence-electron chi connectivity index (χ2n) is 6.11. The second-order valence-corrected chi connectivity index (χ2v) is 6.11. The van der Waals surface area contributed by atoms with Gasteiger partial charge in [-0.1, -0.05) is 42.5 Å². The average molecular weight is 313 g/mol. The van der Waals surface area contributed by atoms with Crippen LogP contribution in [0.4, 0.5) is 4.79 Å². The molecular formula is C17H15NO5. The van der Waals surface area contributed by atoms with Gasteiger partial charge in [-0.15, -0.1) is 0 Å². The van der Waals surface area contributed by atoms with E-state index in [0.29, 0.717) is 6.42 Å². The monoisotopic (exact) mass is 313 g/mol. The SMILES string of the molecule is O=C(OCc1ccccc1)OC12C(=O)NC(=O)C1C1C=CC2C1. The first-order chi connectivity index (χ1) is 11.1. The van der Waals surface area contributed by atoms with Crippen LogP contribution in [0, 0.1) is 17.8 Å². The summed E-state index contributed by atoms with van der Waals surface area (Å²) in [6.45, 7) is 0.0555. The summed E-state index contributed by atoms with van der Waals surface area (Å²) in [5.74, 6) is -1.89. The van der Waals surface area contributed by atoms with Gasteiger partial charge in [-0.2, -0.15) is 0 Å². The number of rotatable bonds is 3. The van der Waals surface area contributed by atoms with E-state index in [1.54, 1.807) is 0 Å². The van der Waals surface area contributed by atoms with Gasteiger partial charge in [-0.3, -0.25) is 14.9 Å². The van der Waals surface area contributed by atoms with Crippen molar-refractivity contribution in [2.45, 2.75) is 18.6 Å². The van der Waals surface area contributed by atoms with E-state index in [1.807, 2.05) is 42.5 Å². The highest BCUT2D eigenvalue weighted by atomic mass is 16.7. The Hall–Kier alpha value is -2.63. The lowest BCUT2D eigenvalue weighted by Crippen LogP contribution is -2.50. The lowest BCUT2D eigenvalue weighted by Gasteiger charge is -2.31. The minimum Gasteiger partial charge on any atom is -0.429 e. The lowest BCUT2D eigenvalue weighted by atomic mass is 9.80. The topological polar surface area (TPSA) is 81.7 Å². The van der Waals surface area contributed by atoms with Crippen molar-refractivity contribution in [3.63, 3.8) is 0 Å². The standard InChI is InChI=1S/C17H15NO5/c19-14-13-11-6-7-12(8-11)17(13,15(20)18-14)23-16(21)22-9-10-4-2-1-3-5-10/h1-7,11-13H,8-9H2,(H,18,19,20). The fraction of sp³-hybridized carbons (Fsp3) is 0.353. The Labute approximate surface area is 132 Å². The molecule has 6 nitrogen and oxygen atoms in total. The molecule has 0 radical (unpaired) electrons. The number of nitrogens with one attached hydrogen (secondary N) is 1. The Morgan fingerprint density at radius 3 is 2.78 bits per heavy atom. The average Bonchev–Trinajstić information content (AvgIpc) is 3.20. The number of benzene rings is 1. The van der Waals surface area contributed by atoms with E-state index in [2.05, 4.69) is 5.32 Å². The van der Waals surface area contributed by atoms with Crippen LogP contribution < -0.4 is 5.32 Å². The van der Waals surface area contributed by atoms with Crippen LogP contribution in [0.15, 0.2) is 42.5 Å². The molecule has 2 bridgehead atoms. The van der Waals surface area contributed by atoms with Gasteiger partial charge < -0.3 is 9.47 Å². The van der Waals surface area contributed by atoms with Crippen LogP contribution in [0.2, 0.25) is 0 Å². The zero-order valence-corrected chi connectivity index (χ0v) is 12.2. The number of hydrogen-bond donors (Lipinski definition) is 1. The molecule has 2 aliphatic carbocycles.